The number of aromatic carboxylic acids is 1. The second-order valence-electron chi connectivity index (χ2n) is 5.21. The molecule has 6 nitrogen and oxygen atoms in total. The van der Waals surface area contributed by atoms with Crippen molar-refractivity contribution in [2.75, 3.05) is 6.61 Å². The molecule has 2 heterocycles. The molecule has 0 unspecified atom stereocenters. The van der Waals surface area contributed by atoms with Crippen LogP contribution in [-0.2, 0) is 24.4 Å². The molecule has 0 radical (unpaired) electrons. The number of carbonyl (C=O) groups is 2. The molecule has 7 heteroatoms. The standard InChI is InChI=1S/C16H15FN2O4.C2H6/c17-11-3-1-10(2-4-11)8-18-15(20)12-7-13(16(21)22)19-5-6-23-9-14(12)19;1-2/h1-4,7H,5-6,8-9H2,(H,18,20)(H,21,22);1-2H3. The smallest absolute Gasteiger partial charge is 0.352 e. The van der Waals surface area contributed by atoms with Crippen LogP contribution in [0.1, 0.15) is 46.0 Å². The summed E-state index contributed by atoms with van der Waals surface area (Å²) in [7, 11) is 0. The first kappa shape index (κ1) is 18.7. The van der Waals surface area contributed by atoms with Gasteiger partial charge in [0.05, 0.1) is 24.5 Å². The first-order valence-electron chi connectivity index (χ1n) is 8.12. The van der Waals surface area contributed by atoms with Gasteiger partial charge in [0.25, 0.3) is 5.91 Å². The number of carboxylic acids is 1. The Morgan fingerprint density at radius 3 is 2.60 bits per heavy atom. The zero-order valence-electron chi connectivity index (χ0n) is 14.2. The number of rotatable bonds is 4. The molecule has 0 saturated carbocycles. The van der Waals surface area contributed by atoms with Crippen LogP contribution in [0.3, 0.4) is 0 Å². The number of hydrogen-bond donors (Lipinski definition) is 2. The summed E-state index contributed by atoms with van der Waals surface area (Å²) in [6, 6.07) is 7.16. The molecular weight excluding hydrogens is 327 g/mol. The van der Waals surface area contributed by atoms with Crippen molar-refractivity contribution in [3.8, 4) is 0 Å². The Labute approximate surface area is 145 Å². The van der Waals surface area contributed by atoms with E-state index in [9.17, 15) is 19.1 Å². The van der Waals surface area contributed by atoms with Crippen molar-refractivity contribution in [2.45, 2.75) is 33.5 Å². The summed E-state index contributed by atoms with van der Waals surface area (Å²) in [5.41, 5.74) is 1.69. The summed E-state index contributed by atoms with van der Waals surface area (Å²) in [4.78, 5) is 23.6. The van der Waals surface area contributed by atoms with Gasteiger partial charge in [0, 0.05) is 13.1 Å². The average molecular weight is 348 g/mol. The molecule has 1 aliphatic heterocycles. The zero-order valence-corrected chi connectivity index (χ0v) is 14.2. The molecule has 2 aromatic rings. The number of amides is 1. The molecule has 1 amide bonds. The van der Waals surface area contributed by atoms with E-state index in [4.69, 9.17) is 4.74 Å². The normalized spacial score (nSPS) is 12.6. The van der Waals surface area contributed by atoms with Crippen molar-refractivity contribution < 1.29 is 23.8 Å². The Kier molecular flexibility index (Phi) is 6.30. The van der Waals surface area contributed by atoms with Gasteiger partial charge in [-0.1, -0.05) is 26.0 Å². The molecular formula is C18H21FN2O4. The Bertz CT molecular complexity index is 753. The van der Waals surface area contributed by atoms with E-state index in [1.165, 1.54) is 18.2 Å². The fourth-order valence-corrected chi connectivity index (χ4v) is 2.58. The first-order chi connectivity index (χ1) is 12.1. The molecule has 134 valence electrons. The zero-order chi connectivity index (χ0) is 18.4. The second-order valence-corrected chi connectivity index (χ2v) is 5.21. The second kappa shape index (κ2) is 8.43. The van der Waals surface area contributed by atoms with Gasteiger partial charge in [-0.15, -0.1) is 0 Å². The minimum absolute atomic E-state index is 0.0789. The van der Waals surface area contributed by atoms with Crippen LogP contribution in [0.4, 0.5) is 4.39 Å². The third kappa shape index (κ3) is 4.24. The summed E-state index contributed by atoms with van der Waals surface area (Å²) < 4.78 is 19.8. The predicted molar refractivity (Wildman–Crippen MR) is 90.0 cm³/mol. The molecule has 0 atom stereocenters. The lowest BCUT2D eigenvalue weighted by Crippen LogP contribution is -2.26. The van der Waals surface area contributed by atoms with Crippen LogP contribution in [0.15, 0.2) is 30.3 Å². The van der Waals surface area contributed by atoms with Crippen LogP contribution in [0.2, 0.25) is 0 Å². The molecule has 0 saturated heterocycles. The molecule has 2 N–H and O–H groups in total. The number of fused-ring (bicyclic) bond motifs is 1. The minimum atomic E-state index is -1.08. The number of carboxylic acid groups (broad SMARTS) is 1. The van der Waals surface area contributed by atoms with Crippen LogP contribution in [0.25, 0.3) is 0 Å². The number of halogens is 1. The van der Waals surface area contributed by atoms with Crippen molar-refractivity contribution in [3.63, 3.8) is 0 Å². The third-order valence-electron chi connectivity index (χ3n) is 3.74. The summed E-state index contributed by atoms with van der Waals surface area (Å²) in [6.45, 7) is 5.25. The summed E-state index contributed by atoms with van der Waals surface area (Å²) in [5.74, 6) is -1.80. The Morgan fingerprint density at radius 1 is 1.28 bits per heavy atom. The number of nitrogens with one attached hydrogen (secondary N) is 1. The van der Waals surface area contributed by atoms with E-state index in [-0.39, 0.29) is 30.6 Å². The lowest BCUT2D eigenvalue weighted by Gasteiger charge is -2.18. The fraction of sp³-hybridized carbons (Fsp3) is 0.333. The number of nitrogens with zero attached hydrogens (tertiary/aromatic N) is 1. The fourth-order valence-electron chi connectivity index (χ4n) is 2.58. The van der Waals surface area contributed by atoms with Gasteiger partial charge < -0.3 is 19.7 Å². The van der Waals surface area contributed by atoms with E-state index >= 15 is 0 Å². The largest absolute Gasteiger partial charge is 0.477 e. The van der Waals surface area contributed by atoms with Gasteiger partial charge in [-0.05, 0) is 23.8 Å². The summed E-state index contributed by atoms with van der Waals surface area (Å²) in [5, 5.41) is 12.0. The monoisotopic (exact) mass is 348 g/mol. The maximum absolute atomic E-state index is 12.9. The van der Waals surface area contributed by atoms with Gasteiger partial charge in [0.2, 0.25) is 0 Å². The predicted octanol–water partition coefficient (Wildman–Crippen LogP) is 2.81. The molecule has 3 rings (SSSR count). The highest BCUT2D eigenvalue weighted by atomic mass is 19.1. The van der Waals surface area contributed by atoms with Gasteiger partial charge in [-0.3, -0.25) is 4.79 Å². The molecule has 1 aliphatic rings. The number of carbonyl (C=O) groups excluding carboxylic acids is 1. The number of hydrogen-bond acceptors (Lipinski definition) is 3. The third-order valence-corrected chi connectivity index (χ3v) is 3.74. The van der Waals surface area contributed by atoms with Gasteiger partial charge in [0.15, 0.2) is 0 Å². The van der Waals surface area contributed by atoms with E-state index in [2.05, 4.69) is 5.32 Å². The van der Waals surface area contributed by atoms with Gasteiger partial charge in [0.1, 0.15) is 11.5 Å². The van der Waals surface area contributed by atoms with E-state index in [1.54, 1.807) is 16.7 Å². The average Bonchev–Trinajstić information content (AvgIpc) is 3.03. The van der Waals surface area contributed by atoms with Crippen molar-refractivity contribution in [1.29, 1.82) is 0 Å². The topological polar surface area (TPSA) is 80.6 Å². The van der Waals surface area contributed by atoms with E-state index in [0.717, 1.165) is 5.56 Å². The Morgan fingerprint density at radius 2 is 1.96 bits per heavy atom. The SMILES string of the molecule is CC.O=C(NCc1ccc(F)cc1)c1cc(C(=O)O)n2c1COCC2. The Balaban J connectivity index is 0.00000109. The minimum Gasteiger partial charge on any atom is -0.477 e. The van der Waals surface area contributed by atoms with Crippen molar-refractivity contribution in [2.24, 2.45) is 0 Å². The van der Waals surface area contributed by atoms with Crippen LogP contribution >= 0.6 is 0 Å². The summed E-state index contributed by atoms with van der Waals surface area (Å²) >= 11 is 0. The quantitative estimate of drug-likeness (QED) is 0.890. The lowest BCUT2D eigenvalue weighted by atomic mass is 10.2. The number of ether oxygens (including phenoxy) is 1. The highest BCUT2D eigenvalue weighted by Gasteiger charge is 2.25. The molecule has 0 aliphatic carbocycles. The van der Waals surface area contributed by atoms with Gasteiger partial charge in [-0.25, -0.2) is 9.18 Å². The highest BCUT2D eigenvalue weighted by Crippen LogP contribution is 2.21. The highest BCUT2D eigenvalue weighted by molar-refractivity contribution is 5.98. The van der Waals surface area contributed by atoms with Crippen LogP contribution in [0, 0.1) is 5.82 Å². The lowest BCUT2D eigenvalue weighted by molar-refractivity contribution is 0.0642. The van der Waals surface area contributed by atoms with Gasteiger partial charge >= 0.3 is 5.97 Å². The van der Waals surface area contributed by atoms with Crippen molar-refractivity contribution in [3.05, 3.63) is 58.7 Å². The molecule has 1 aromatic carbocycles. The van der Waals surface area contributed by atoms with Crippen molar-refractivity contribution in [1.82, 2.24) is 9.88 Å². The van der Waals surface area contributed by atoms with Crippen LogP contribution in [-0.4, -0.2) is 28.2 Å². The van der Waals surface area contributed by atoms with E-state index in [0.29, 0.717) is 24.4 Å². The molecule has 1 aromatic heterocycles. The molecule has 0 spiro atoms. The molecule has 0 bridgehead atoms. The maximum Gasteiger partial charge on any atom is 0.352 e. The number of benzene rings is 1. The van der Waals surface area contributed by atoms with E-state index in [1.807, 2.05) is 13.8 Å². The van der Waals surface area contributed by atoms with Crippen molar-refractivity contribution >= 4 is 11.9 Å². The number of aromatic nitrogens is 1. The maximum atomic E-state index is 12.9. The first-order valence-corrected chi connectivity index (χ1v) is 8.12. The van der Waals surface area contributed by atoms with E-state index < -0.39 is 5.97 Å². The summed E-state index contributed by atoms with van der Waals surface area (Å²) in [6.07, 6.45) is 0. The van der Waals surface area contributed by atoms with Crippen LogP contribution < -0.4 is 5.32 Å². The molecule has 25 heavy (non-hydrogen) atoms. The Hall–Kier alpha value is -2.67. The van der Waals surface area contributed by atoms with Gasteiger partial charge in [-0.2, -0.15) is 0 Å². The molecule has 0 fully saturated rings. The van der Waals surface area contributed by atoms with Crippen LogP contribution in [0.5, 0.6) is 0 Å².